The minimum absolute atomic E-state index is 0.104. The summed E-state index contributed by atoms with van der Waals surface area (Å²) in [5, 5.41) is 12.1. The van der Waals surface area contributed by atoms with E-state index in [0.29, 0.717) is 6.04 Å². The number of nitrogens with zero attached hydrogens (tertiary/aromatic N) is 1. The van der Waals surface area contributed by atoms with Crippen LogP contribution in [0.15, 0.2) is 24.3 Å². The highest BCUT2D eigenvalue weighted by Gasteiger charge is 2.11. The summed E-state index contributed by atoms with van der Waals surface area (Å²) in [6.07, 6.45) is 7.88. The van der Waals surface area contributed by atoms with E-state index in [0.717, 1.165) is 11.4 Å². The molecular weight excluding hydrogens is 224 g/mol. The molecule has 1 aliphatic rings. The number of hydrogen-bond acceptors (Lipinski definition) is 3. The van der Waals surface area contributed by atoms with Gasteiger partial charge in [-0.15, -0.1) is 0 Å². The summed E-state index contributed by atoms with van der Waals surface area (Å²) < 4.78 is 5.31. The molecule has 0 unspecified atom stereocenters. The summed E-state index contributed by atoms with van der Waals surface area (Å²) in [5.41, 5.74) is 1.09. The molecule has 1 N–H and O–H groups in total. The monoisotopic (exact) mass is 244 g/mol. The van der Waals surface area contributed by atoms with Crippen LogP contribution >= 0.6 is 0 Å². The Bertz CT molecular complexity index is 403. The van der Waals surface area contributed by atoms with Gasteiger partial charge in [-0.25, -0.2) is 0 Å². The van der Waals surface area contributed by atoms with Gasteiger partial charge >= 0.3 is 0 Å². The minimum Gasteiger partial charge on any atom is -0.479 e. The molecule has 96 valence electrons. The molecular formula is C15H20N2O. The van der Waals surface area contributed by atoms with Gasteiger partial charge in [-0.05, 0) is 25.0 Å². The first-order valence-corrected chi connectivity index (χ1v) is 6.75. The standard InChI is InChI=1S/C15H20N2O/c16-10-11-18-15-9-5-8-14(12-15)17-13-6-3-1-2-4-7-13/h5,8-9,12-13,17H,1-4,6-7,11H2. The number of anilines is 1. The van der Waals surface area contributed by atoms with Crippen molar-refractivity contribution in [3.8, 4) is 11.8 Å². The molecule has 0 atom stereocenters. The number of hydrogen-bond donors (Lipinski definition) is 1. The maximum Gasteiger partial charge on any atom is 0.174 e. The topological polar surface area (TPSA) is 45.0 Å². The van der Waals surface area contributed by atoms with Crippen molar-refractivity contribution in [3.63, 3.8) is 0 Å². The van der Waals surface area contributed by atoms with Crippen molar-refractivity contribution in [2.24, 2.45) is 0 Å². The molecule has 0 spiro atoms. The van der Waals surface area contributed by atoms with E-state index in [1.165, 1.54) is 38.5 Å². The Kier molecular flexibility index (Phi) is 4.89. The van der Waals surface area contributed by atoms with Crippen LogP contribution < -0.4 is 10.1 Å². The molecule has 0 aliphatic heterocycles. The van der Waals surface area contributed by atoms with Gasteiger partial charge in [-0.2, -0.15) is 5.26 Å². The van der Waals surface area contributed by atoms with Gasteiger partial charge in [0.25, 0.3) is 0 Å². The van der Waals surface area contributed by atoms with Crippen LogP contribution in [0.1, 0.15) is 38.5 Å². The van der Waals surface area contributed by atoms with Crippen LogP contribution in [0.2, 0.25) is 0 Å². The van der Waals surface area contributed by atoms with Crippen molar-refractivity contribution in [3.05, 3.63) is 24.3 Å². The van der Waals surface area contributed by atoms with Crippen molar-refractivity contribution >= 4 is 5.69 Å². The van der Waals surface area contributed by atoms with E-state index in [1.54, 1.807) is 0 Å². The summed E-state index contributed by atoms with van der Waals surface area (Å²) in [4.78, 5) is 0. The Morgan fingerprint density at radius 3 is 2.72 bits per heavy atom. The minimum atomic E-state index is 0.104. The van der Waals surface area contributed by atoms with Crippen LogP contribution in [0.5, 0.6) is 5.75 Å². The number of rotatable bonds is 4. The Morgan fingerprint density at radius 1 is 1.22 bits per heavy atom. The molecule has 0 amide bonds. The summed E-state index contributed by atoms with van der Waals surface area (Å²) >= 11 is 0. The smallest absolute Gasteiger partial charge is 0.174 e. The zero-order valence-corrected chi connectivity index (χ0v) is 10.7. The average Bonchev–Trinajstić information content (AvgIpc) is 2.65. The van der Waals surface area contributed by atoms with Crippen molar-refractivity contribution in [2.45, 2.75) is 44.6 Å². The quantitative estimate of drug-likeness (QED) is 0.821. The molecule has 1 aliphatic carbocycles. The van der Waals surface area contributed by atoms with E-state index in [-0.39, 0.29) is 6.61 Å². The zero-order chi connectivity index (χ0) is 12.6. The number of nitrogens with one attached hydrogen (secondary N) is 1. The summed E-state index contributed by atoms with van der Waals surface area (Å²) in [6.45, 7) is 0.104. The molecule has 1 fully saturated rings. The van der Waals surface area contributed by atoms with E-state index < -0.39 is 0 Å². The van der Waals surface area contributed by atoms with E-state index in [2.05, 4.69) is 11.4 Å². The van der Waals surface area contributed by atoms with Gasteiger partial charge in [-0.1, -0.05) is 31.7 Å². The second-order valence-corrected chi connectivity index (χ2v) is 4.81. The van der Waals surface area contributed by atoms with Gasteiger partial charge in [0.05, 0.1) is 0 Å². The van der Waals surface area contributed by atoms with Crippen LogP contribution in [0.4, 0.5) is 5.69 Å². The molecule has 0 bridgehead atoms. The lowest BCUT2D eigenvalue weighted by Gasteiger charge is -2.18. The van der Waals surface area contributed by atoms with Crippen molar-refractivity contribution in [1.29, 1.82) is 5.26 Å². The third kappa shape index (κ3) is 3.96. The van der Waals surface area contributed by atoms with E-state index >= 15 is 0 Å². The van der Waals surface area contributed by atoms with Gasteiger partial charge in [0.2, 0.25) is 0 Å². The second-order valence-electron chi connectivity index (χ2n) is 4.81. The van der Waals surface area contributed by atoms with Gasteiger partial charge in [0.15, 0.2) is 6.61 Å². The molecule has 3 nitrogen and oxygen atoms in total. The lowest BCUT2D eigenvalue weighted by atomic mass is 10.1. The maximum absolute atomic E-state index is 8.50. The van der Waals surface area contributed by atoms with Crippen molar-refractivity contribution in [2.75, 3.05) is 11.9 Å². The van der Waals surface area contributed by atoms with Gasteiger partial charge in [0.1, 0.15) is 11.8 Å². The van der Waals surface area contributed by atoms with Gasteiger partial charge in [-0.3, -0.25) is 0 Å². The average molecular weight is 244 g/mol. The second kappa shape index (κ2) is 6.90. The van der Waals surface area contributed by atoms with Gasteiger partial charge < -0.3 is 10.1 Å². The lowest BCUT2D eigenvalue weighted by molar-refractivity contribution is 0.368. The molecule has 3 heteroatoms. The van der Waals surface area contributed by atoms with Crippen LogP contribution in [0, 0.1) is 11.3 Å². The first-order valence-electron chi connectivity index (χ1n) is 6.75. The molecule has 18 heavy (non-hydrogen) atoms. The van der Waals surface area contributed by atoms with Crippen LogP contribution in [-0.4, -0.2) is 12.6 Å². The number of ether oxygens (including phenoxy) is 1. The normalized spacial score (nSPS) is 16.6. The van der Waals surface area contributed by atoms with Crippen molar-refractivity contribution < 1.29 is 4.74 Å². The maximum atomic E-state index is 8.50. The fraction of sp³-hybridized carbons (Fsp3) is 0.533. The number of nitriles is 1. The fourth-order valence-corrected chi connectivity index (χ4v) is 2.45. The first-order chi connectivity index (χ1) is 8.88. The molecule has 0 radical (unpaired) electrons. The third-order valence-corrected chi connectivity index (χ3v) is 3.36. The predicted molar refractivity (Wildman–Crippen MR) is 72.7 cm³/mol. The van der Waals surface area contributed by atoms with E-state index in [1.807, 2.05) is 24.3 Å². The Labute approximate surface area is 109 Å². The molecule has 1 saturated carbocycles. The van der Waals surface area contributed by atoms with E-state index in [9.17, 15) is 0 Å². The van der Waals surface area contributed by atoms with Crippen LogP contribution in [0.3, 0.4) is 0 Å². The fourth-order valence-electron chi connectivity index (χ4n) is 2.45. The van der Waals surface area contributed by atoms with Crippen LogP contribution in [-0.2, 0) is 0 Å². The molecule has 1 aromatic rings. The molecule has 2 rings (SSSR count). The Balaban J connectivity index is 1.93. The largest absolute Gasteiger partial charge is 0.479 e. The van der Waals surface area contributed by atoms with Gasteiger partial charge in [0, 0.05) is 17.8 Å². The SMILES string of the molecule is N#CCOc1cccc(NC2CCCCCC2)c1. The lowest BCUT2D eigenvalue weighted by Crippen LogP contribution is -2.18. The summed E-state index contributed by atoms with van der Waals surface area (Å²) in [7, 11) is 0. The Hall–Kier alpha value is -1.69. The zero-order valence-electron chi connectivity index (χ0n) is 10.7. The van der Waals surface area contributed by atoms with Crippen LogP contribution in [0.25, 0.3) is 0 Å². The molecule has 0 saturated heterocycles. The molecule has 0 aromatic heterocycles. The summed E-state index contributed by atoms with van der Waals surface area (Å²) in [6, 6.07) is 10.4. The highest BCUT2D eigenvalue weighted by Crippen LogP contribution is 2.23. The highest BCUT2D eigenvalue weighted by molar-refractivity contribution is 5.48. The number of benzene rings is 1. The first kappa shape index (κ1) is 12.8. The Morgan fingerprint density at radius 2 is 2.00 bits per heavy atom. The van der Waals surface area contributed by atoms with E-state index in [4.69, 9.17) is 10.00 Å². The molecule has 0 heterocycles. The van der Waals surface area contributed by atoms with Crippen molar-refractivity contribution in [1.82, 2.24) is 0 Å². The molecule has 1 aromatic carbocycles. The highest BCUT2D eigenvalue weighted by atomic mass is 16.5. The third-order valence-electron chi connectivity index (χ3n) is 3.36. The summed E-state index contributed by atoms with van der Waals surface area (Å²) in [5.74, 6) is 0.759. The predicted octanol–water partition coefficient (Wildman–Crippen LogP) is 3.72.